The molecule has 5 N–H and O–H groups in total. The largest absolute Gasteiger partial charge is 0.477 e. The van der Waals surface area contributed by atoms with Crippen LogP contribution in [0.15, 0.2) is 23.1 Å². The third kappa shape index (κ3) is 2.96. The van der Waals surface area contributed by atoms with Crippen LogP contribution in [0.5, 0.6) is 0 Å². The first kappa shape index (κ1) is 20.0. The number of aryl methyl sites for hydroxylation is 1. The van der Waals surface area contributed by atoms with E-state index in [4.69, 9.17) is 23.1 Å². The van der Waals surface area contributed by atoms with Crippen molar-refractivity contribution < 1.29 is 18.7 Å². The summed E-state index contributed by atoms with van der Waals surface area (Å²) in [6.07, 6.45) is 1.02. The normalized spacial score (nSPS) is 14.2. The molecule has 3 heterocycles. The SMILES string of the molecule is Cc1cc(F)c(N)nc1-n1cc(C(=O)O)c(=O)c2cc(F)c(N3CC(N)C3)c(Cl)c21. The van der Waals surface area contributed by atoms with E-state index in [0.29, 0.717) is 18.7 Å². The molecule has 4 rings (SSSR count). The molecule has 1 aliphatic rings. The second-order valence-corrected chi connectivity index (χ2v) is 7.50. The summed E-state index contributed by atoms with van der Waals surface area (Å²) >= 11 is 6.52. The molecule has 0 saturated carbocycles. The van der Waals surface area contributed by atoms with Crippen molar-refractivity contribution in [3.8, 4) is 5.82 Å². The number of nitrogens with two attached hydrogens (primary N) is 2. The van der Waals surface area contributed by atoms with E-state index >= 15 is 0 Å². The van der Waals surface area contributed by atoms with Crippen molar-refractivity contribution in [2.45, 2.75) is 13.0 Å². The molecule has 2 aromatic heterocycles. The van der Waals surface area contributed by atoms with Gasteiger partial charge in [0.05, 0.1) is 21.6 Å². The molecule has 8 nitrogen and oxygen atoms in total. The Labute approximate surface area is 173 Å². The van der Waals surface area contributed by atoms with Gasteiger partial charge in [0.1, 0.15) is 17.2 Å². The lowest BCUT2D eigenvalue weighted by Crippen LogP contribution is -2.56. The summed E-state index contributed by atoms with van der Waals surface area (Å²) in [5.74, 6) is -3.42. The molecule has 0 unspecified atom stereocenters. The van der Waals surface area contributed by atoms with E-state index < -0.39 is 34.4 Å². The standard InChI is InChI=1S/C19H16ClF2N5O3/c1-7-2-12(22)17(24)25-18(7)27-6-10(19(29)30)16(28)9-3-11(21)15(13(20)14(9)27)26-4-8(23)5-26/h2-3,6,8H,4-5,23H2,1H3,(H2,24,25)(H,29,30). The number of aromatic nitrogens is 2. The van der Waals surface area contributed by atoms with E-state index in [1.54, 1.807) is 4.90 Å². The minimum atomic E-state index is -1.52. The minimum Gasteiger partial charge on any atom is -0.477 e. The third-order valence-corrected chi connectivity index (χ3v) is 5.37. The molecule has 0 spiro atoms. The molecule has 30 heavy (non-hydrogen) atoms. The van der Waals surface area contributed by atoms with Crippen molar-refractivity contribution in [1.82, 2.24) is 9.55 Å². The summed E-state index contributed by atoms with van der Waals surface area (Å²) in [5.41, 5.74) is 10.2. The lowest BCUT2D eigenvalue weighted by molar-refractivity contribution is 0.0695. The van der Waals surface area contributed by atoms with Crippen LogP contribution in [0.2, 0.25) is 5.02 Å². The molecule has 1 fully saturated rings. The average molecular weight is 436 g/mol. The Morgan fingerprint density at radius 2 is 1.97 bits per heavy atom. The van der Waals surface area contributed by atoms with E-state index in [-0.39, 0.29) is 33.5 Å². The van der Waals surface area contributed by atoms with Gasteiger partial charge in [-0.2, -0.15) is 0 Å². The smallest absolute Gasteiger partial charge is 0.341 e. The van der Waals surface area contributed by atoms with Gasteiger partial charge in [-0.25, -0.2) is 18.6 Å². The van der Waals surface area contributed by atoms with Crippen LogP contribution in [-0.2, 0) is 0 Å². The van der Waals surface area contributed by atoms with Crippen LogP contribution in [0.3, 0.4) is 0 Å². The number of carbonyl (C=O) groups is 1. The van der Waals surface area contributed by atoms with Gasteiger partial charge in [0.25, 0.3) is 0 Å². The Kier molecular flexibility index (Phi) is 4.63. The van der Waals surface area contributed by atoms with Gasteiger partial charge in [0, 0.05) is 25.3 Å². The Hall–Kier alpha value is -3.24. The van der Waals surface area contributed by atoms with Crippen molar-refractivity contribution >= 4 is 40.0 Å². The van der Waals surface area contributed by atoms with Gasteiger partial charge in [-0.1, -0.05) is 11.6 Å². The first-order valence-electron chi connectivity index (χ1n) is 8.84. The fraction of sp³-hybridized carbons (Fsp3) is 0.211. The highest BCUT2D eigenvalue weighted by molar-refractivity contribution is 6.38. The monoisotopic (exact) mass is 435 g/mol. The van der Waals surface area contributed by atoms with Crippen LogP contribution in [0.1, 0.15) is 15.9 Å². The first-order valence-corrected chi connectivity index (χ1v) is 9.22. The van der Waals surface area contributed by atoms with Crippen LogP contribution in [-0.4, -0.2) is 39.8 Å². The molecule has 1 saturated heterocycles. The number of rotatable bonds is 3. The molecule has 156 valence electrons. The Morgan fingerprint density at radius 3 is 2.57 bits per heavy atom. The average Bonchev–Trinajstić information content (AvgIpc) is 2.64. The zero-order valence-electron chi connectivity index (χ0n) is 15.6. The molecule has 1 aromatic carbocycles. The Morgan fingerprint density at radius 1 is 1.30 bits per heavy atom. The molecular weight excluding hydrogens is 420 g/mol. The molecule has 11 heteroatoms. The van der Waals surface area contributed by atoms with Gasteiger partial charge in [-0.05, 0) is 24.6 Å². The van der Waals surface area contributed by atoms with Crippen LogP contribution in [0, 0.1) is 18.6 Å². The fourth-order valence-corrected chi connectivity index (χ4v) is 3.94. The molecule has 0 radical (unpaired) electrons. The van der Waals surface area contributed by atoms with Crippen LogP contribution >= 0.6 is 11.6 Å². The highest BCUT2D eigenvalue weighted by atomic mass is 35.5. The maximum Gasteiger partial charge on any atom is 0.341 e. The van der Waals surface area contributed by atoms with Crippen molar-refractivity contribution in [1.29, 1.82) is 0 Å². The number of nitrogen functional groups attached to an aromatic ring is 1. The summed E-state index contributed by atoms with van der Waals surface area (Å²) in [4.78, 5) is 30.0. The number of aromatic carboxylic acids is 1. The van der Waals surface area contributed by atoms with Gasteiger partial charge < -0.3 is 21.5 Å². The van der Waals surface area contributed by atoms with Crippen LogP contribution in [0.25, 0.3) is 16.7 Å². The zero-order chi connectivity index (χ0) is 21.9. The maximum absolute atomic E-state index is 14.9. The van der Waals surface area contributed by atoms with Crippen molar-refractivity contribution in [2.75, 3.05) is 23.7 Å². The van der Waals surface area contributed by atoms with Gasteiger partial charge >= 0.3 is 5.97 Å². The quantitative estimate of drug-likeness (QED) is 0.574. The number of hydrogen-bond acceptors (Lipinski definition) is 6. The molecule has 0 atom stereocenters. The third-order valence-electron chi connectivity index (χ3n) is 5.01. The summed E-state index contributed by atoms with van der Waals surface area (Å²) in [6, 6.07) is 1.91. The first-order chi connectivity index (χ1) is 14.1. The number of anilines is 2. The zero-order valence-corrected chi connectivity index (χ0v) is 16.4. The van der Waals surface area contributed by atoms with Gasteiger partial charge in [0.2, 0.25) is 5.43 Å². The number of carboxylic acid groups (broad SMARTS) is 1. The Bertz CT molecular complexity index is 1290. The van der Waals surface area contributed by atoms with E-state index in [0.717, 1.165) is 18.3 Å². The second-order valence-electron chi connectivity index (χ2n) is 7.13. The molecular formula is C19H16ClF2N5O3. The maximum atomic E-state index is 14.9. The number of nitrogens with zero attached hydrogens (tertiary/aromatic N) is 3. The van der Waals surface area contributed by atoms with Crippen molar-refractivity contribution in [2.24, 2.45) is 5.73 Å². The second kappa shape index (κ2) is 6.92. The highest BCUT2D eigenvalue weighted by Crippen LogP contribution is 2.38. The number of fused-ring (bicyclic) bond motifs is 1. The van der Waals surface area contributed by atoms with Crippen molar-refractivity contribution in [3.05, 3.63) is 56.3 Å². The van der Waals surface area contributed by atoms with Crippen molar-refractivity contribution in [3.63, 3.8) is 0 Å². The van der Waals surface area contributed by atoms with Gasteiger partial charge in [-0.3, -0.25) is 9.36 Å². The predicted octanol–water partition coefficient (Wildman–Crippen LogP) is 2.05. The molecule has 0 aliphatic carbocycles. The lowest BCUT2D eigenvalue weighted by Gasteiger charge is -2.39. The number of halogens is 3. The van der Waals surface area contributed by atoms with Gasteiger partial charge in [-0.15, -0.1) is 0 Å². The summed E-state index contributed by atoms with van der Waals surface area (Å²) in [7, 11) is 0. The number of hydrogen-bond donors (Lipinski definition) is 3. The van der Waals surface area contributed by atoms with E-state index in [2.05, 4.69) is 4.98 Å². The minimum absolute atomic E-state index is 0.0325. The molecule has 0 bridgehead atoms. The number of carboxylic acids is 1. The molecule has 1 aliphatic heterocycles. The number of benzene rings is 1. The van der Waals surface area contributed by atoms with E-state index in [1.807, 2.05) is 0 Å². The van der Waals surface area contributed by atoms with Crippen LogP contribution in [0.4, 0.5) is 20.3 Å². The topological polar surface area (TPSA) is 127 Å². The predicted molar refractivity (Wildman–Crippen MR) is 109 cm³/mol. The number of pyridine rings is 2. The molecule has 3 aromatic rings. The Balaban J connectivity index is 2.14. The van der Waals surface area contributed by atoms with E-state index in [1.165, 1.54) is 11.5 Å². The fourth-order valence-electron chi connectivity index (χ4n) is 3.54. The lowest BCUT2D eigenvalue weighted by atomic mass is 10.1. The summed E-state index contributed by atoms with van der Waals surface area (Å²) in [6.45, 7) is 2.25. The molecule has 0 amide bonds. The summed E-state index contributed by atoms with van der Waals surface area (Å²) < 4.78 is 29.9. The van der Waals surface area contributed by atoms with Gasteiger partial charge in [0.15, 0.2) is 11.6 Å². The van der Waals surface area contributed by atoms with Crippen LogP contribution < -0.4 is 21.8 Å². The van der Waals surface area contributed by atoms with E-state index in [9.17, 15) is 23.5 Å². The summed E-state index contributed by atoms with van der Waals surface area (Å²) in [5, 5.41) is 9.08. The highest BCUT2D eigenvalue weighted by Gasteiger charge is 2.30.